The molecule has 0 aliphatic carbocycles. The first-order chi connectivity index (χ1) is 15.8. The van der Waals surface area contributed by atoms with E-state index >= 15 is 4.39 Å². The minimum atomic E-state index is -0.243. The zero-order valence-electron chi connectivity index (χ0n) is 19.7. The summed E-state index contributed by atoms with van der Waals surface area (Å²) in [6.07, 6.45) is 5.63. The Kier molecular flexibility index (Phi) is 6.83. The number of rotatable bonds is 6. The second-order valence-electron chi connectivity index (χ2n) is 9.27. The van der Waals surface area contributed by atoms with Crippen LogP contribution in [0.1, 0.15) is 65.7 Å². The molecular weight excluding hydrogens is 439 g/mol. The van der Waals surface area contributed by atoms with Crippen molar-refractivity contribution in [3.8, 4) is 0 Å². The second-order valence-corrected chi connectivity index (χ2v) is 10.3. The molecule has 33 heavy (non-hydrogen) atoms. The van der Waals surface area contributed by atoms with E-state index in [4.69, 9.17) is 0 Å². The Bertz CT molecular complexity index is 1150. The van der Waals surface area contributed by atoms with Gasteiger partial charge in [-0.1, -0.05) is 19.9 Å². The highest BCUT2D eigenvalue weighted by atomic mass is 32.1. The molecule has 0 radical (unpaired) electrons. The molecule has 0 bridgehead atoms. The Labute approximate surface area is 198 Å². The van der Waals surface area contributed by atoms with Crippen LogP contribution in [0.4, 0.5) is 4.39 Å². The van der Waals surface area contributed by atoms with Gasteiger partial charge < -0.3 is 9.80 Å². The molecule has 2 amide bonds. The third-order valence-electron chi connectivity index (χ3n) is 6.37. The lowest BCUT2D eigenvalue weighted by molar-refractivity contribution is -0.132. The van der Waals surface area contributed by atoms with Gasteiger partial charge in [0.05, 0.1) is 9.58 Å². The van der Waals surface area contributed by atoms with Crippen molar-refractivity contribution >= 4 is 33.2 Å². The summed E-state index contributed by atoms with van der Waals surface area (Å²) in [6.45, 7) is 5.95. The number of carbonyl (C=O) groups is 2. The lowest BCUT2D eigenvalue weighted by atomic mass is 9.86. The van der Waals surface area contributed by atoms with Gasteiger partial charge in [-0.25, -0.2) is 4.39 Å². The number of amides is 2. The van der Waals surface area contributed by atoms with Crippen LogP contribution in [-0.2, 0) is 11.3 Å². The lowest BCUT2D eigenvalue weighted by Gasteiger charge is -2.33. The summed E-state index contributed by atoms with van der Waals surface area (Å²) in [6, 6.07) is 5.65. The molecule has 0 N–H and O–H groups in total. The van der Waals surface area contributed by atoms with Crippen molar-refractivity contribution in [1.29, 1.82) is 0 Å². The van der Waals surface area contributed by atoms with Crippen LogP contribution >= 0.6 is 11.3 Å². The predicted molar refractivity (Wildman–Crippen MR) is 129 cm³/mol. The molecule has 176 valence electrons. The molecule has 1 fully saturated rings. The van der Waals surface area contributed by atoms with Gasteiger partial charge in [-0.2, -0.15) is 5.10 Å². The summed E-state index contributed by atoms with van der Waals surface area (Å²) < 4.78 is 18.1. The number of hydrogen-bond donors (Lipinski definition) is 0. The zero-order valence-corrected chi connectivity index (χ0v) is 20.5. The van der Waals surface area contributed by atoms with E-state index in [2.05, 4.69) is 18.9 Å². The van der Waals surface area contributed by atoms with Gasteiger partial charge in [0, 0.05) is 58.5 Å². The van der Waals surface area contributed by atoms with Crippen LogP contribution in [0.25, 0.3) is 10.1 Å². The molecule has 3 aromatic rings. The maximum Gasteiger partial charge on any atom is 0.263 e. The monoisotopic (exact) mass is 470 g/mol. The maximum absolute atomic E-state index is 15.8. The number of fused-ring (bicyclic) bond motifs is 1. The number of aromatic nitrogens is 2. The van der Waals surface area contributed by atoms with E-state index in [-0.39, 0.29) is 29.5 Å². The third-order valence-corrected chi connectivity index (χ3v) is 7.49. The molecule has 0 unspecified atom stereocenters. The number of thiophene rings is 1. The average Bonchev–Trinajstić information content (AvgIpc) is 3.47. The molecule has 2 aromatic heterocycles. The van der Waals surface area contributed by atoms with Crippen LogP contribution < -0.4 is 0 Å². The van der Waals surface area contributed by atoms with Gasteiger partial charge >= 0.3 is 0 Å². The number of piperidine rings is 1. The average molecular weight is 471 g/mol. The first-order valence-electron chi connectivity index (χ1n) is 11.5. The molecule has 1 saturated heterocycles. The molecule has 0 saturated carbocycles. The Morgan fingerprint density at radius 1 is 1.30 bits per heavy atom. The molecule has 6 nitrogen and oxygen atoms in total. The minimum absolute atomic E-state index is 0.0515. The summed E-state index contributed by atoms with van der Waals surface area (Å²) in [5.74, 6) is -0.133. The molecule has 1 aromatic carbocycles. The van der Waals surface area contributed by atoms with Crippen LogP contribution in [0.2, 0.25) is 0 Å². The molecule has 3 heterocycles. The third kappa shape index (κ3) is 4.81. The van der Waals surface area contributed by atoms with Crippen molar-refractivity contribution in [2.75, 3.05) is 27.2 Å². The van der Waals surface area contributed by atoms with Gasteiger partial charge in [0.25, 0.3) is 5.91 Å². The summed E-state index contributed by atoms with van der Waals surface area (Å²) in [7, 11) is 3.41. The van der Waals surface area contributed by atoms with E-state index in [1.807, 2.05) is 29.3 Å². The van der Waals surface area contributed by atoms with Crippen molar-refractivity contribution in [3.63, 3.8) is 0 Å². The van der Waals surface area contributed by atoms with Gasteiger partial charge in [0.15, 0.2) is 0 Å². The summed E-state index contributed by atoms with van der Waals surface area (Å²) in [4.78, 5) is 29.3. The Morgan fingerprint density at radius 3 is 2.76 bits per heavy atom. The van der Waals surface area contributed by atoms with Crippen molar-refractivity contribution < 1.29 is 14.0 Å². The molecule has 0 spiro atoms. The largest absolute Gasteiger partial charge is 0.344 e. The number of hydrogen-bond acceptors (Lipinski definition) is 4. The maximum atomic E-state index is 15.8. The van der Waals surface area contributed by atoms with E-state index in [1.165, 1.54) is 16.2 Å². The zero-order chi connectivity index (χ0) is 23.7. The Hall–Kier alpha value is -2.74. The Balaban J connectivity index is 1.61. The van der Waals surface area contributed by atoms with Gasteiger partial charge in [-0.3, -0.25) is 14.3 Å². The van der Waals surface area contributed by atoms with E-state index in [1.54, 1.807) is 25.0 Å². The molecular formula is C25H31FN4O2S. The van der Waals surface area contributed by atoms with Crippen LogP contribution in [-0.4, -0.2) is 58.6 Å². The quantitative estimate of drug-likeness (QED) is 0.517. The molecule has 1 atom stereocenters. The van der Waals surface area contributed by atoms with Gasteiger partial charge in [-0.15, -0.1) is 11.3 Å². The van der Waals surface area contributed by atoms with Crippen LogP contribution in [0, 0.1) is 5.82 Å². The first-order valence-corrected chi connectivity index (χ1v) is 12.3. The van der Waals surface area contributed by atoms with Crippen LogP contribution in [0.5, 0.6) is 0 Å². The second kappa shape index (κ2) is 9.63. The van der Waals surface area contributed by atoms with Crippen molar-refractivity contribution in [3.05, 3.63) is 52.4 Å². The standard InChI is InChI=1S/C25H31FN4O2S/c1-16(2)18-13-19(23(26)24-20(18)14-21(33-24)25(32)28(3)4)17-7-5-10-29(15-17)22(31)8-12-30-11-6-9-27-30/h6,9,11,13-14,16-17H,5,7-8,10,12,15H2,1-4H3/t17-/m0/s1. The molecule has 1 aliphatic rings. The first kappa shape index (κ1) is 23.4. The molecule has 1 aliphatic heterocycles. The number of carbonyl (C=O) groups excluding carboxylic acids is 2. The summed E-state index contributed by atoms with van der Waals surface area (Å²) in [5, 5.41) is 4.98. The molecule has 8 heteroatoms. The van der Waals surface area contributed by atoms with E-state index in [0.29, 0.717) is 41.2 Å². The number of benzene rings is 1. The van der Waals surface area contributed by atoms with Crippen molar-refractivity contribution in [1.82, 2.24) is 19.6 Å². The van der Waals surface area contributed by atoms with Gasteiger partial charge in [0.2, 0.25) is 5.91 Å². The number of aryl methyl sites for hydroxylation is 1. The van der Waals surface area contributed by atoms with Gasteiger partial charge in [0.1, 0.15) is 5.82 Å². The fourth-order valence-electron chi connectivity index (χ4n) is 4.57. The van der Waals surface area contributed by atoms with Crippen LogP contribution in [0.3, 0.4) is 0 Å². The number of halogens is 1. The normalized spacial score (nSPS) is 16.5. The van der Waals surface area contributed by atoms with E-state index in [9.17, 15) is 9.59 Å². The topological polar surface area (TPSA) is 58.4 Å². The Morgan fingerprint density at radius 2 is 2.09 bits per heavy atom. The van der Waals surface area contributed by atoms with Crippen molar-refractivity contribution in [2.24, 2.45) is 0 Å². The fraction of sp³-hybridized carbons (Fsp3) is 0.480. The highest BCUT2D eigenvalue weighted by molar-refractivity contribution is 7.20. The summed E-state index contributed by atoms with van der Waals surface area (Å²) >= 11 is 1.23. The lowest BCUT2D eigenvalue weighted by Crippen LogP contribution is -2.39. The summed E-state index contributed by atoms with van der Waals surface area (Å²) in [5.41, 5.74) is 1.72. The van der Waals surface area contributed by atoms with E-state index < -0.39 is 0 Å². The highest BCUT2D eigenvalue weighted by Gasteiger charge is 2.29. The fourth-order valence-corrected chi connectivity index (χ4v) is 5.73. The number of nitrogens with zero attached hydrogens (tertiary/aromatic N) is 4. The van der Waals surface area contributed by atoms with Crippen LogP contribution in [0.15, 0.2) is 30.6 Å². The van der Waals surface area contributed by atoms with Crippen molar-refractivity contribution in [2.45, 2.75) is 51.5 Å². The SMILES string of the molecule is CC(C)c1cc([C@H]2CCCN(C(=O)CCn3cccn3)C2)c(F)c2sc(C(=O)N(C)C)cc12. The number of likely N-dealkylation sites (tertiary alicyclic amines) is 1. The van der Waals surface area contributed by atoms with E-state index in [0.717, 1.165) is 23.8 Å². The molecule has 4 rings (SSSR count). The van der Waals surface area contributed by atoms with Gasteiger partial charge in [-0.05, 0) is 47.4 Å². The predicted octanol–water partition coefficient (Wildman–Crippen LogP) is 4.86. The smallest absolute Gasteiger partial charge is 0.263 e. The minimum Gasteiger partial charge on any atom is -0.344 e. The highest BCUT2D eigenvalue weighted by Crippen LogP contribution is 2.40.